The molecule has 0 aliphatic carbocycles. The second kappa shape index (κ2) is 2.72. The van der Waals surface area contributed by atoms with Gasteiger partial charge in [0, 0.05) is 6.54 Å². The summed E-state index contributed by atoms with van der Waals surface area (Å²) < 4.78 is 21.7. The van der Waals surface area contributed by atoms with E-state index >= 15 is 0 Å². The summed E-state index contributed by atoms with van der Waals surface area (Å²) in [6.07, 6.45) is 2.48. The second-order valence-electron chi connectivity index (χ2n) is 2.44. The number of hydrogen-bond donors (Lipinski definition) is 1. The van der Waals surface area contributed by atoms with Gasteiger partial charge in [0.25, 0.3) is 0 Å². The van der Waals surface area contributed by atoms with Crippen molar-refractivity contribution >= 4 is 9.84 Å². The van der Waals surface area contributed by atoms with Crippen LogP contribution in [0.1, 0.15) is 6.42 Å². The molecule has 1 fully saturated rings. The summed E-state index contributed by atoms with van der Waals surface area (Å²) in [6.45, 7) is 0.449. The summed E-state index contributed by atoms with van der Waals surface area (Å²) in [5.41, 5.74) is 6.20. The van der Waals surface area contributed by atoms with Crippen LogP contribution in [0.3, 0.4) is 0 Å². The maximum atomic E-state index is 10.8. The summed E-state index contributed by atoms with van der Waals surface area (Å²) in [4.78, 5) is 0. The Bertz CT molecular complexity index is 240. The molecule has 0 aromatic carbocycles. The van der Waals surface area contributed by atoms with Crippen LogP contribution in [0.5, 0.6) is 0 Å². The first-order valence-electron chi connectivity index (χ1n) is 3.22. The lowest BCUT2D eigenvalue weighted by Crippen LogP contribution is -2.00. The predicted octanol–water partition coefficient (Wildman–Crippen LogP) is -0.310. The number of hydrogen-bond acceptors (Lipinski definition) is 3. The van der Waals surface area contributed by atoms with E-state index in [0.29, 0.717) is 18.7 Å². The van der Waals surface area contributed by atoms with Crippen LogP contribution in [0.2, 0.25) is 0 Å². The van der Waals surface area contributed by atoms with Crippen LogP contribution in [0, 0.1) is 0 Å². The molecule has 1 rings (SSSR count). The largest absolute Gasteiger partial charge is 0.327 e. The molecular weight excluding hydrogens is 150 g/mol. The standard InChI is InChI=1S/C6H11NO2S/c7-3-1-6-2-4-10(8,9)5-6/h1H,2-5,7H2/b6-1-. The van der Waals surface area contributed by atoms with Gasteiger partial charge in [-0.25, -0.2) is 8.42 Å². The van der Waals surface area contributed by atoms with Crippen LogP contribution >= 0.6 is 0 Å². The average molecular weight is 161 g/mol. The van der Waals surface area contributed by atoms with E-state index in [2.05, 4.69) is 0 Å². The van der Waals surface area contributed by atoms with Crippen LogP contribution in [0.4, 0.5) is 0 Å². The minimum Gasteiger partial charge on any atom is -0.327 e. The van der Waals surface area contributed by atoms with Crippen molar-refractivity contribution in [1.29, 1.82) is 0 Å². The fourth-order valence-corrected chi connectivity index (χ4v) is 2.59. The summed E-state index contributed by atoms with van der Waals surface area (Å²) in [7, 11) is -2.74. The first-order valence-corrected chi connectivity index (χ1v) is 5.04. The molecule has 0 aromatic heterocycles. The number of nitrogens with two attached hydrogens (primary N) is 1. The fraction of sp³-hybridized carbons (Fsp3) is 0.667. The molecule has 1 heterocycles. The Balaban J connectivity index is 2.69. The molecule has 1 aliphatic rings. The van der Waals surface area contributed by atoms with Crippen molar-refractivity contribution in [1.82, 2.24) is 0 Å². The first-order chi connectivity index (χ1) is 4.64. The first kappa shape index (κ1) is 7.75. The van der Waals surface area contributed by atoms with Gasteiger partial charge in [-0.05, 0) is 6.42 Å². The lowest BCUT2D eigenvalue weighted by atomic mass is 10.2. The molecule has 2 N–H and O–H groups in total. The molecule has 0 unspecified atom stereocenters. The minimum absolute atomic E-state index is 0.226. The van der Waals surface area contributed by atoms with Crippen LogP contribution in [0.15, 0.2) is 11.6 Å². The zero-order valence-corrected chi connectivity index (χ0v) is 6.52. The third-order valence-corrected chi connectivity index (χ3v) is 3.18. The van der Waals surface area contributed by atoms with Crippen molar-refractivity contribution in [2.45, 2.75) is 6.42 Å². The number of rotatable bonds is 1. The molecule has 0 saturated carbocycles. The van der Waals surface area contributed by atoms with E-state index in [4.69, 9.17) is 5.73 Å². The zero-order chi connectivity index (χ0) is 7.61. The van der Waals surface area contributed by atoms with E-state index in [1.165, 1.54) is 0 Å². The van der Waals surface area contributed by atoms with Crippen molar-refractivity contribution in [3.05, 3.63) is 11.6 Å². The van der Waals surface area contributed by atoms with Crippen LogP contribution < -0.4 is 5.73 Å². The number of sulfone groups is 1. The van der Waals surface area contributed by atoms with Crippen molar-refractivity contribution in [3.63, 3.8) is 0 Å². The van der Waals surface area contributed by atoms with Crippen LogP contribution in [-0.2, 0) is 9.84 Å². The quantitative estimate of drug-likeness (QED) is 0.537. The molecule has 1 aliphatic heterocycles. The van der Waals surface area contributed by atoms with Gasteiger partial charge in [-0.3, -0.25) is 0 Å². The summed E-state index contributed by atoms with van der Waals surface area (Å²) >= 11 is 0. The maximum Gasteiger partial charge on any atom is 0.154 e. The molecule has 4 heteroatoms. The molecule has 58 valence electrons. The summed E-state index contributed by atoms with van der Waals surface area (Å²) in [6, 6.07) is 0. The molecule has 0 bridgehead atoms. The Morgan fingerprint density at radius 3 is 2.70 bits per heavy atom. The molecule has 10 heavy (non-hydrogen) atoms. The van der Waals surface area contributed by atoms with Crippen LogP contribution in [0.25, 0.3) is 0 Å². The molecule has 1 saturated heterocycles. The highest BCUT2D eigenvalue weighted by molar-refractivity contribution is 7.91. The molecular formula is C6H11NO2S. The Labute approximate surface area is 60.8 Å². The fourth-order valence-electron chi connectivity index (χ4n) is 1.04. The van der Waals surface area contributed by atoms with E-state index < -0.39 is 9.84 Å². The lowest BCUT2D eigenvalue weighted by molar-refractivity contribution is 0.602. The molecule has 0 amide bonds. The predicted molar refractivity (Wildman–Crippen MR) is 40.4 cm³/mol. The van der Waals surface area contributed by atoms with E-state index in [9.17, 15) is 8.42 Å². The Morgan fingerprint density at radius 2 is 2.30 bits per heavy atom. The minimum atomic E-state index is -2.74. The second-order valence-corrected chi connectivity index (χ2v) is 4.62. The molecule has 0 atom stereocenters. The van der Waals surface area contributed by atoms with E-state index in [1.807, 2.05) is 0 Å². The monoisotopic (exact) mass is 161 g/mol. The smallest absolute Gasteiger partial charge is 0.154 e. The Hall–Kier alpha value is -0.350. The van der Waals surface area contributed by atoms with Gasteiger partial charge in [-0.2, -0.15) is 0 Å². The zero-order valence-electron chi connectivity index (χ0n) is 5.71. The normalized spacial score (nSPS) is 27.5. The highest BCUT2D eigenvalue weighted by Crippen LogP contribution is 2.16. The molecule has 3 nitrogen and oxygen atoms in total. The third kappa shape index (κ3) is 1.82. The Morgan fingerprint density at radius 1 is 1.60 bits per heavy atom. The average Bonchev–Trinajstić information content (AvgIpc) is 2.12. The van der Waals surface area contributed by atoms with Gasteiger partial charge in [0.05, 0.1) is 11.5 Å². The van der Waals surface area contributed by atoms with Crippen molar-refractivity contribution in [2.75, 3.05) is 18.1 Å². The van der Waals surface area contributed by atoms with Gasteiger partial charge < -0.3 is 5.73 Å². The van der Waals surface area contributed by atoms with Gasteiger partial charge in [0.2, 0.25) is 0 Å². The maximum absolute atomic E-state index is 10.8. The summed E-state index contributed by atoms with van der Waals surface area (Å²) in [5, 5.41) is 0. The van der Waals surface area contributed by atoms with Gasteiger partial charge in [-0.15, -0.1) is 0 Å². The Kier molecular flexibility index (Phi) is 2.11. The highest BCUT2D eigenvalue weighted by atomic mass is 32.2. The molecule has 0 spiro atoms. The van der Waals surface area contributed by atoms with Crippen molar-refractivity contribution in [3.8, 4) is 0 Å². The van der Waals surface area contributed by atoms with Gasteiger partial charge in [0.15, 0.2) is 9.84 Å². The topological polar surface area (TPSA) is 60.2 Å². The van der Waals surface area contributed by atoms with E-state index in [1.54, 1.807) is 6.08 Å². The van der Waals surface area contributed by atoms with Crippen molar-refractivity contribution in [2.24, 2.45) is 5.73 Å². The van der Waals surface area contributed by atoms with Crippen molar-refractivity contribution < 1.29 is 8.42 Å². The van der Waals surface area contributed by atoms with Gasteiger partial charge >= 0.3 is 0 Å². The van der Waals surface area contributed by atoms with E-state index in [0.717, 1.165) is 5.57 Å². The SMILES string of the molecule is NC/C=C1/CCS(=O)(=O)C1. The van der Waals surface area contributed by atoms with Gasteiger partial charge in [0.1, 0.15) is 0 Å². The summed E-state index contributed by atoms with van der Waals surface area (Å²) in [5.74, 6) is 0.531. The third-order valence-electron chi connectivity index (χ3n) is 1.55. The van der Waals surface area contributed by atoms with Gasteiger partial charge in [-0.1, -0.05) is 11.6 Å². The lowest BCUT2D eigenvalue weighted by Gasteiger charge is -1.88. The van der Waals surface area contributed by atoms with Crippen LogP contribution in [-0.4, -0.2) is 26.5 Å². The molecule has 0 radical (unpaired) electrons. The highest BCUT2D eigenvalue weighted by Gasteiger charge is 2.21. The molecule has 0 aromatic rings. The van der Waals surface area contributed by atoms with E-state index in [-0.39, 0.29) is 5.75 Å².